The summed E-state index contributed by atoms with van der Waals surface area (Å²) in [4.78, 5) is 17.7. The van der Waals surface area contributed by atoms with E-state index in [1.807, 2.05) is 0 Å². The van der Waals surface area contributed by atoms with Gasteiger partial charge in [-0.15, -0.1) is 0 Å². The van der Waals surface area contributed by atoms with Crippen molar-refractivity contribution in [3.63, 3.8) is 0 Å². The third-order valence-electron chi connectivity index (χ3n) is 4.30. The van der Waals surface area contributed by atoms with Crippen molar-refractivity contribution in [2.24, 2.45) is 0 Å². The Balaban J connectivity index is 1.66. The fraction of sp³-hybridized carbons (Fsp3) is 0.167. The van der Waals surface area contributed by atoms with E-state index in [-0.39, 0.29) is 11.7 Å². The second-order valence-corrected chi connectivity index (χ2v) is 6.20. The third kappa shape index (κ3) is 2.49. The fourth-order valence-electron chi connectivity index (χ4n) is 3.19. The molecule has 1 amide bonds. The second kappa shape index (κ2) is 5.39. The summed E-state index contributed by atoms with van der Waals surface area (Å²) < 4.78 is 13.5. The number of rotatable bonds is 1. The first-order valence-corrected chi connectivity index (χ1v) is 7.83. The predicted molar refractivity (Wildman–Crippen MR) is 88.2 cm³/mol. The molecule has 0 atom stereocenters. The van der Waals surface area contributed by atoms with E-state index < -0.39 is 0 Å². The maximum atomic E-state index is 13.5. The van der Waals surface area contributed by atoms with Crippen LogP contribution < -0.4 is 0 Å². The molecule has 0 bridgehead atoms. The molecule has 0 spiro atoms. The maximum Gasteiger partial charge on any atom is 0.254 e. The molecule has 2 heterocycles. The van der Waals surface area contributed by atoms with Gasteiger partial charge < -0.3 is 9.88 Å². The van der Waals surface area contributed by atoms with E-state index in [2.05, 4.69) is 4.98 Å². The predicted octanol–water partition coefficient (Wildman–Crippen LogP) is 4.16. The smallest absolute Gasteiger partial charge is 0.254 e. The standard InChI is InChI=1S/C18H14ClFN2O/c19-12-3-1-2-11(8-12)18(23)22-7-6-14-15-9-13(20)4-5-16(15)21-17(14)10-22/h1-5,8-9,21H,6-7,10H2. The number of hydrogen-bond acceptors (Lipinski definition) is 1. The number of amides is 1. The van der Waals surface area contributed by atoms with Crippen molar-refractivity contribution in [2.45, 2.75) is 13.0 Å². The van der Waals surface area contributed by atoms with Gasteiger partial charge >= 0.3 is 0 Å². The summed E-state index contributed by atoms with van der Waals surface area (Å²) in [5.41, 5.74) is 3.58. The van der Waals surface area contributed by atoms with Gasteiger partial charge in [-0.2, -0.15) is 0 Å². The van der Waals surface area contributed by atoms with Gasteiger partial charge in [0.05, 0.1) is 6.54 Å². The first-order chi connectivity index (χ1) is 11.1. The van der Waals surface area contributed by atoms with Crippen LogP contribution in [-0.2, 0) is 13.0 Å². The number of nitrogens with one attached hydrogen (secondary N) is 1. The van der Waals surface area contributed by atoms with Crippen LogP contribution in [0.25, 0.3) is 10.9 Å². The van der Waals surface area contributed by atoms with Crippen molar-refractivity contribution in [2.75, 3.05) is 6.54 Å². The highest BCUT2D eigenvalue weighted by atomic mass is 35.5. The van der Waals surface area contributed by atoms with Crippen LogP contribution in [0.4, 0.5) is 4.39 Å². The fourth-order valence-corrected chi connectivity index (χ4v) is 3.38. The van der Waals surface area contributed by atoms with Crippen molar-refractivity contribution in [3.05, 3.63) is 70.1 Å². The molecule has 23 heavy (non-hydrogen) atoms. The van der Waals surface area contributed by atoms with Gasteiger partial charge in [0.2, 0.25) is 0 Å². The van der Waals surface area contributed by atoms with Crippen LogP contribution in [0.5, 0.6) is 0 Å². The van der Waals surface area contributed by atoms with Gasteiger partial charge in [-0.05, 0) is 48.4 Å². The summed E-state index contributed by atoms with van der Waals surface area (Å²) >= 11 is 5.96. The summed E-state index contributed by atoms with van der Waals surface area (Å²) in [6.45, 7) is 1.11. The molecule has 1 aliphatic heterocycles. The number of benzene rings is 2. The molecule has 0 unspecified atom stereocenters. The molecule has 3 nitrogen and oxygen atoms in total. The highest BCUT2D eigenvalue weighted by Crippen LogP contribution is 2.29. The van der Waals surface area contributed by atoms with E-state index >= 15 is 0 Å². The van der Waals surface area contributed by atoms with Crippen LogP contribution in [0.2, 0.25) is 5.02 Å². The van der Waals surface area contributed by atoms with Gasteiger partial charge in [0.15, 0.2) is 0 Å². The lowest BCUT2D eigenvalue weighted by Gasteiger charge is -2.27. The quantitative estimate of drug-likeness (QED) is 0.715. The van der Waals surface area contributed by atoms with Crippen LogP contribution in [0.3, 0.4) is 0 Å². The molecule has 1 N–H and O–H groups in total. The van der Waals surface area contributed by atoms with Gasteiger partial charge in [-0.1, -0.05) is 17.7 Å². The first kappa shape index (κ1) is 14.3. The van der Waals surface area contributed by atoms with Gasteiger partial charge in [0, 0.05) is 33.7 Å². The zero-order valence-corrected chi connectivity index (χ0v) is 13.0. The summed E-state index contributed by atoms with van der Waals surface area (Å²) in [5, 5.41) is 1.46. The number of aromatic nitrogens is 1. The Bertz CT molecular complexity index is 919. The molecule has 2 aromatic carbocycles. The average molecular weight is 329 g/mol. The van der Waals surface area contributed by atoms with E-state index in [0.29, 0.717) is 30.1 Å². The topological polar surface area (TPSA) is 36.1 Å². The summed E-state index contributed by atoms with van der Waals surface area (Å²) in [7, 11) is 0. The minimum atomic E-state index is -0.239. The number of carbonyl (C=O) groups is 1. The van der Waals surface area contributed by atoms with E-state index in [4.69, 9.17) is 11.6 Å². The van der Waals surface area contributed by atoms with Crippen LogP contribution in [0.1, 0.15) is 21.6 Å². The van der Waals surface area contributed by atoms with Gasteiger partial charge in [-0.25, -0.2) is 4.39 Å². The summed E-state index contributed by atoms with van der Waals surface area (Å²) in [6.07, 6.45) is 0.713. The Kier molecular flexibility index (Phi) is 3.34. The lowest BCUT2D eigenvalue weighted by Crippen LogP contribution is -2.35. The lowest BCUT2D eigenvalue weighted by molar-refractivity contribution is 0.0733. The lowest BCUT2D eigenvalue weighted by atomic mass is 10.0. The molecule has 3 aromatic rings. The van der Waals surface area contributed by atoms with E-state index in [1.165, 1.54) is 6.07 Å². The Hall–Kier alpha value is -2.33. The molecule has 1 aromatic heterocycles. The third-order valence-corrected chi connectivity index (χ3v) is 4.53. The van der Waals surface area contributed by atoms with Gasteiger partial charge in [0.1, 0.15) is 5.82 Å². The van der Waals surface area contributed by atoms with Crippen LogP contribution in [0.15, 0.2) is 42.5 Å². The zero-order chi connectivity index (χ0) is 16.0. The van der Waals surface area contributed by atoms with Crippen LogP contribution >= 0.6 is 11.6 Å². The molecule has 0 saturated heterocycles. The van der Waals surface area contributed by atoms with E-state index in [1.54, 1.807) is 41.3 Å². The van der Waals surface area contributed by atoms with Gasteiger partial charge in [0.25, 0.3) is 5.91 Å². The van der Waals surface area contributed by atoms with Crippen molar-refractivity contribution in [1.29, 1.82) is 0 Å². The van der Waals surface area contributed by atoms with E-state index in [9.17, 15) is 9.18 Å². The first-order valence-electron chi connectivity index (χ1n) is 7.45. The van der Waals surface area contributed by atoms with Crippen molar-refractivity contribution in [1.82, 2.24) is 9.88 Å². The minimum Gasteiger partial charge on any atom is -0.357 e. The summed E-state index contributed by atoms with van der Waals surface area (Å²) in [5.74, 6) is -0.278. The molecular formula is C18H14ClFN2O. The Morgan fingerprint density at radius 3 is 2.91 bits per heavy atom. The number of fused-ring (bicyclic) bond motifs is 3. The molecule has 0 aliphatic carbocycles. The highest BCUT2D eigenvalue weighted by Gasteiger charge is 2.24. The Morgan fingerprint density at radius 2 is 2.09 bits per heavy atom. The Morgan fingerprint density at radius 1 is 1.22 bits per heavy atom. The number of H-pyrrole nitrogens is 1. The average Bonchev–Trinajstić information content (AvgIpc) is 2.91. The normalized spacial score (nSPS) is 14.1. The zero-order valence-electron chi connectivity index (χ0n) is 12.3. The van der Waals surface area contributed by atoms with Crippen molar-refractivity contribution < 1.29 is 9.18 Å². The molecule has 5 heteroatoms. The second-order valence-electron chi connectivity index (χ2n) is 5.76. The van der Waals surface area contributed by atoms with Gasteiger partial charge in [-0.3, -0.25) is 4.79 Å². The summed E-state index contributed by atoms with van der Waals surface area (Å²) in [6, 6.07) is 11.7. The molecule has 0 saturated carbocycles. The highest BCUT2D eigenvalue weighted by molar-refractivity contribution is 6.30. The maximum absolute atomic E-state index is 13.5. The number of hydrogen-bond donors (Lipinski definition) is 1. The minimum absolute atomic E-state index is 0.0389. The SMILES string of the molecule is O=C(c1cccc(Cl)c1)N1CCc2c([nH]c3ccc(F)cc23)C1. The monoisotopic (exact) mass is 328 g/mol. The molecule has 4 rings (SSSR count). The Labute approximate surface area is 137 Å². The number of aromatic amines is 1. The molecule has 0 radical (unpaired) electrons. The van der Waals surface area contributed by atoms with Crippen molar-refractivity contribution >= 4 is 28.4 Å². The van der Waals surface area contributed by atoms with Crippen LogP contribution in [-0.4, -0.2) is 22.3 Å². The van der Waals surface area contributed by atoms with Crippen molar-refractivity contribution in [3.8, 4) is 0 Å². The molecule has 1 aliphatic rings. The number of halogens is 2. The molecule has 116 valence electrons. The van der Waals surface area contributed by atoms with E-state index in [0.717, 1.165) is 22.2 Å². The van der Waals surface area contributed by atoms with Crippen LogP contribution in [0, 0.1) is 5.82 Å². The molecule has 0 fully saturated rings. The molecular weight excluding hydrogens is 315 g/mol. The number of nitrogens with zero attached hydrogens (tertiary/aromatic N) is 1. The largest absolute Gasteiger partial charge is 0.357 e. The number of carbonyl (C=O) groups excluding carboxylic acids is 1.